The standard InChI is InChI=1S/C16H16F3NO3/c1-4-6-11-13(21)12(15(20-2)23-11)9-7-5-8-10(14(9)22-3)16(17,18)19/h4-5,7-8,20-21H,1,6H2,2-3H3. The number of methoxy groups -OCH3 is 1. The van der Waals surface area contributed by atoms with Gasteiger partial charge in [0.25, 0.3) is 0 Å². The molecule has 2 aromatic rings. The minimum absolute atomic E-state index is 0.0863. The first-order valence-corrected chi connectivity index (χ1v) is 6.73. The number of allylic oxidation sites excluding steroid dienone is 1. The van der Waals surface area contributed by atoms with Gasteiger partial charge in [0.15, 0.2) is 11.5 Å². The van der Waals surface area contributed by atoms with Gasteiger partial charge in [-0.25, -0.2) is 0 Å². The molecule has 0 amide bonds. The van der Waals surface area contributed by atoms with Gasteiger partial charge in [0.1, 0.15) is 5.75 Å². The molecule has 2 rings (SSSR count). The molecule has 2 N–H and O–H groups in total. The maximum Gasteiger partial charge on any atom is 0.419 e. The fraction of sp³-hybridized carbons (Fsp3) is 0.250. The van der Waals surface area contributed by atoms with Crippen LogP contribution in [0.3, 0.4) is 0 Å². The molecule has 1 aromatic carbocycles. The summed E-state index contributed by atoms with van der Waals surface area (Å²) in [5, 5.41) is 13.0. The number of furan rings is 1. The van der Waals surface area contributed by atoms with Crippen molar-refractivity contribution in [2.24, 2.45) is 0 Å². The van der Waals surface area contributed by atoms with Crippen LogP contribution >= 0.6 is 0 Å². The zero-order valence-electron chi connectivity index (χ0n) is 12.6. The fourth-order valence-corrected chi connectivity index (χ4v) is 2.34. The quantitative estimate of drug-likeness (QED) is 0.797. The van der Waals surface area contributed by atoms with Gasteiger partial charge >= 0.3 is 6.18 Å². The van der Waals surface area contributed by atoms with E-state index in [0.29, 0.717) is 0 Å². The van der Waals surface area contributed by atoms with E-state index in [9.17, 15) is 18.3 Å². The molecule has 0 radical (unpaired) electrons. The first-order valence-electron chi connectivity index (χ1n) is 6.73. The summed E-state index contributed by atoms with van der Waals surface area (Å²) in [6, 6.07) is 3.60. The third-order valence-corrected chi connectivity index (χ3v) is 3.30. The van der Waals surface area contributed by atoms with Crippen LogP contribution in [0.1, 0.15) is 11.3 Å². The number of nitrogens with one attached hydrogen (secondary N) is 1. The maximum atomic E-state index is 13.1. The van der Waals surface area contributed by atoms with Gasteiger partial charge in [0, 0.05) is 19.0 Å². The molecular weight excluding hydrogens is 311 g/mol. The van der Waals surface area contributed by atoms with Crippen molar-refractivity contribution < 1.29 is 27.4 Å². The van der Waals surface area contributed by atoms with E-state index < -0.39 is 11.7 Å². The van der Waals surface area contributed by atoms with E-state index in [1.807, 2.05) is 0 Å². The zero-order chi connectivity index (χ0) is 17.2. The van der Waals surface area contributed by atoms with Crippen LogP contribution in [-0.4, -0.2) is 19.3 Å². The monoisotopic (exact) mass is 327 g/mol. The van der Waals surface area contributed by atoms with E-state index in [2.05, 4.69) is 11.9 Å². The van der Waals surface area contributed by atoms with Crippen LogP contribution in [0.25, 0.3) is 11.1 Å². The summed E-state index contributed by atoms with van der Waals surface area (Å²) in [6.45, 7) is 3.55. The molecule has 1 heterocycles. The average molecular weight is 327 g/mol. The molecule has 1 aromatic heterocycles. The summed E-state index contributed by atoms with van der Waals surface area (Å²) in [7, 11) is 2.69. The van der Waals surface area contributed by atoms with Crippen LogP contribution in [0.15, 0.2) is 35.3 Å². The van der Waals surface area contributed by atoms with Crippen LogP contribution < -0.4 is 10.1 Å². The van der Waals surface area contributed by atoms with Gasteiger partial charge in [-0.3, -0.25) is 0 Å². The maximum absolute atomic E-state index is 13.1. The van der Waals surface area contributed by atoms with E-state index in [-0.39, 0.29) is 40.7 Å². The Labute approximate surface area is 131 Å². The van der Waals surface area contributed by atoms with Crippen molar-refractivity contribution >= 4 is 5.88 Å². The van der Waals surface area contributed by atoms with E-state index >= 15 is 0 Å². The molecule has 4 nitrogen and oxygen atoms in total. The molecule has 23 heavy (non-hydrogen) atoms. The predicted octanol–water partition coefficient (Wildman–Crippen LogP) is 4.45. The highest BCUT2D eigenvalue weighted by molar-refractivity contribution is 5.85. The minimum atomic E-state index is -4.58. The highest BCUT2D eigenvalue weighted by Gasteiger charge is 2.36. The van der Waals surface area contributed by atoms with Gasteiger partial charge in [0.05, 0.1) is 18.2 Å². The van der Waals surface area contributed by atoms with Crippen LogP contribution in [0.5, 0.6) is 11.5 Å². The minimum Gasteiger partial charge on any atom is -0.504 e. The second kappa shape index (κ2) is 6.28. The van der Waals surface area contributed by atoms with E-state index in [0.717, 1.165) is 13.2 Å². The highest BCUT2D eigenvalue weighted by atomic mass is 19.4. The topological polar surface area (TPSA) is 54.6 Å². The van der Waals surface area contributed by atoms with Crippen LogP contribution in [0.4, 0.5) is 19.1 Å². The molecule has 7 heteroatoms. The Balaban J connectivity index is 2.74. The third kappa shape index (κ3) is 2.99. The molecule has 0 fully saturated rings. The smallest absolute Gasteiger partial charge is 0.419 e. The predicted molar refractivity (Wildman–Crippen MR) is 80.8 cm³/mol. The summed E-state index contributed by atoms with van der Waals surface area (Å²) < 4.78 is 49.8. The molecule has 0 saturated heterocycles. The van der Waals surface area contributed by atoms with E-state index in [4.69, 9.17) is 9.15 Å². The van der Waals surface area contributed by atoms with Crippen LogP contribution in [-0.2, 0) is 12.6 Å². The van der Waals surface area contributed by atoms with Gasteiger partial charge in [0.2, 0.25) is 5.88 Å². The number of hydrogen-bond donors (Lipinski definition) is 2. The molecule has 0 atom stereocenters. The lowest BCUT2D eigenvalue weighted by Gasteiger charge is -2.15. The number of rotatable bonds is 5. The van der Waals surface area contributed by atoms with Crippen molar-refractivity contribution in [1.29, 1.82) is 0 Å². The van der Waals surface area contributed by atoms with Gasteiger partial charge < -0.3 is 19.6 Å². The van der Waals surface area contributed by atoms with Gasteiger partial charge in [-0.2, -0.15) is 13.2 Å². The lowest BCUT2D eigenvalue weighted by Crippen LogP contribution is -2.08. The number of aromatic hydroxyl groups is 1. The SMILES string of the molecule is C=CCc1oc(NC)c(-c2cccc(C(F)(F)F)c2OC)c1O. The summed E-state index contributed by atoms with van der Waals surface area (Å²) in [4.78, 5) is 0. The molecule has 0 aliphatic rings. The first kappa shape index (κ1) is 16.8. The lowest BCUT2D eigenvalue weighted by molar-refractivity contribution is -0.138. The normalized spacial score (nSPS) is 11.3. The number of alkyl halides is 3. The van der Waals surface area contributed by atoms with Crippen molar-refractivity contribution in [3.8, 4) is 22.6 Å². The summed E-state index contributed by atoms with van der Waals surface area (Å²) in [6.07, 6.45) is -2.82. The second-order valence-corrected chi connectivity index (χ2v) is 4.70. The third-order valence-electron chi connectivity index (χ3n) is 3.30. The Morgan fingerprint density at radius 1 is 1.39 bits per heavy atom. The summed E-state index contributed by atoms with van der Waals surface area (Å²) in [5.41, 5.74) is -0.721. The largest absolute Gasteiger partial charge is 0.504 e. The second-order valence-electron chi connectivity index (χ2n) is 4.70. The van der Waals surface area contributed by atoms with E-state index in [1.54, 1.807) is 7.05 Å². The zero-order valence-corrected chi connectivity index (χ0v) is 12.6. The fourth-order valence-electron chi connectivity index (χ4n) is 2.34. The number of anilines is 1. The van der Waals surface area contributed by atoms with Crippen molar-refractivity contribution in [3.63, 3.8) is 0 Å². The van der Waals surface area contributed by atoms with Crippen molar-refractivity contribution in [2.75, 3.05) is 19.5 Å². The molecule has 0 saturated carbocycles. The Hall–Kier alpha value is -2.57. The molecule has 0 aliphatic carbocycles. The van der Waals surface area contributed by atoms with Crippen molar-refractivity contribution in [1.82, 2.24) is 0 Å². The molecule has 0 aliphatic heterocycles. The first-order chi connectivity index (χ1) is 10.8. The number of ether oxygens (including phenoxy) is 1. The average Bonchev–Trinajstić information content (AvgIpc) is 2.82. The number of halogens is 3. The van der Waals surface area contributed by atoms with Crippen LogP contribution in [0.2, 0.25) is 0 Å². The number of para-hydroxylation sites is 1. The Morgan fingerprint density at radius 3 is 2.61 bits per heavy atom. The molecule has 0 spiro atoms. The van der Waals surface area contributed by atoms with E-state index in [1.165, 1.54) is 18.2 Å². The Morgan fingerprint density at radius 2 is 2.09 bits per heavy atom. The molecule has 0 bridgehead atoms. The van der Waals surface area contributed by atoms with Crippen molar-refractivity contribution in [2.45, 2.75) is 12.6 Å². The van der Waals surface area contributed by atoms with Gasteiger partial charge in [-0.15, -0.1) is 6.58 Å². The highest BCUT2D eigenvalue weighted by Crippen LogP contribution is 2.48. The molecule has 0 unspecified atom stereocenters. The van der Waals surface area contributed by atoms with Gasteiger partial charge in [-0.05, 0) is 6.07 Å². The van der Waals surface area contributed by atoms with Gasteiger partial charge in [-0.1, -0.05) is 18.2 Å². The summed E-state index contributed by atoms with van der Waals surface area (Å²) in [5.74, 6) is -0.264. The Kier molecular flexibility index (Phi) is 4.58. The van der Waals surface area contributed by atoms with Crippen molar-refractivity contribution in [3.05, 3.63) is 42.2 Å². The lowest BCUT2D eigenvalue weighted by atomic mass is 10.0. The Bertz CT molecular complexity index is 720. The van der Waals surface area contributed by atoms with Crippen LogP contribution in [0, 0.1) is 0 Å². The number of benzene rings is 1. The number of hydrogen-bond acceptors (Lipinski definition) is 4. The summed E-state index contributed by atoms with van der Waals surface area (Å²) >= 11 is 0. The molecule has 124 valence electrons. The molecular formula is C16H16F3NO3.